The lowest BCUT2D eigenvalue weighted by molar-refractivity contribution is -0.120. The standard InChI is InChI=1S/C15H22N2O7/c1-24-10-4-2-9(3-5-10)6-13(21)17-16-7-11(19)14(22)15(23)12(20)8-18/h2-5,7,11-12,14-15,18-20,22-23H,6,8H2,1H3,(H,17,21)/b16-7+. The number of carbonyl (C=O) groups is 1. The summed E-state index contributed by atoms with van der Waals surface area (Å²) in [5.74, 6) is 0.215. The number of benzene rings is 1. The van der Waals surface area contributed by atoms with Crippen LogP contribution in [0.2, 0.25) is 0 Å². The van der Waals surface area contributed by atoms with Crippen molar-refractivity contribution in [3.63, 3.8) is 0 Å². The molecule has 0 heterocycles. The van der Waals surface area contributed by atoms with Gasteiger partial charge >= 0.3 is 0 Å². The minimum atomic E-state index is -1.77. The maximum absolute atomic E-state index is 11.7. The van der Waals surface area contributed by atoms with E-state index in [1.165, 1.54) is 7.11 Å². The summed E-state index contributed by atoms with van der Waals surface area (Å²) in [6, 6.07) is 6.85. The topological polar surface area (TPSA) is 152 Å². The summed E-state index contributed by atoms with van der Waals surface area (Å²) in [6.45, 7) is -0.777. The van der Waals surface area contributed by atoms with E-state index in [1.807, 2.05) is 0 Å². The Kier molecular flexibility index (Phi) is 8.30. The maximum atomic E-state index is 11.7. The number of hydrazone groups is 1. The van der Waals surface area contributed by atoms with E-state index in [4.69, 9.17) is 14.9 Å². The van der Waals surface area contributed by atoms with Gasteiger partial charge in [0.05, 0.1) is 26.4 Å². The number of ether oxygens (including phenoxy) is 1. The van der Waals surface area contributed by atoms with Gasteiger partial charge in [0.25, 0.3) is 0 Å². The molecule has 0 fully saturated rings. The molecule has 1 aromatic rings. The van der Waals surface area contributed by atoms with Gasteiger partial charge in [-0.15, -0.1) is 0 Å². The van der Waals surface area contributed by atoms with Crippen LogP contribution in [0.4, 0.5) is 0 Å². The predicted octanol–water partition coefficient (Wildman–Crippen LogP) is -2.22. The van der Waals surface area contributed by atoms with Gasteiger partial charge in [0.2, 0.25) is 5.91 Å². The predicted molar refractivity (Wildman–Crippen MR) is 84.4 cm³/mol. The molecule has 24 heavy (non-hydrogen) atoms. The molecule has 0 bridgehead atoms. The van der Waals surface area contributed by atoms with Crippen molar-refractivity contribution >= 4 is 12.1 Å². The highest BCUT2D eigenvalue weighted by Crippen LogP contribution is 2.11. The molecule has 0 saturated heterocycles. The number of nitrogens with zero attached hydrogens (tertiary/aromatic N) is 1. The van der Waals surface area contributed by atoms with Crippen molar-refractivity contribution in [2.75, 3.05) is 13.7 Å². The van der Waals surface area contributed by atoms with E-state index >= 15 is 0 Å². The molecule has 4 unspecified atom stereocenters. The molecule has 1 amide bonds. The summed E-state index contributed by atoms with van der Waals surface area (Å²) >= 11 is 0. The van der Waals surface area contributed by atoms with Crippen LogP contribution in [0.1, 0.15) is 5.56 Å². The van der Waals surface area contributed by atoms with E-state index in [2.05, 4.69) is 10.5 Å². The first-order valence-electron chi connectivity index (χ1n) is 7.17. The molecule has 0 saturated carbocycles. The molecular weight excluding hydrogens is 320 g/mol. The van der Waals surface area contributed by atoms with Crippen LogP contribution in [0.5, 0.6) is 5.75 Å². The molecule has 1 rings (SSSR count). The van der Waals surface area contributed by atoms with Crippen LogP contribution in [0, 0.1) is 0 Å². The van der Waals surface area contributed by atoms with Gasteiger partial charge < -0.3 is 30.3 Å². The minimum absolute atomic E-state index is 0.0475. The summed E-state index contributed by atoms with van der Waals surface area (Å²) in [4.78, 5) is 11.7. The van der Waals surface area contributed by atoms with Gasteiger partial charge in [-0.2, -0.15) is 5.10 Å². The number of hydrogen-bond acceptors (Lipinski definition) is 8. The average Bonchev–Trinajstić information content (AvgIpc) is 2.60. The van der Waals surface area contributed by atoms with Crippen LogP contribution in [0.25, 0.3) is 0 Å². The monoisotopic (exact) mass is 342 g/mol. The number of amides is 1. The van der Waals surface area contributed by atoms with Gasteiger partial charge in [0.15, 0.2) is 0 Å². The van der Waals surface area contributed by atoms with E-state index in [-0.39, 0.29) is 6.42 Å². The third-order valence-electron chi connectivity index (χ3n) is 3.22. The van der Waals surface area contributed by atoms with Crippen LogP contribution in [0.3, 0.4) is 0 Å². The second kappa shape index (κ2) is 9.96. The zero-order chi connectivity index (χ0) is 18.1. The molecular formula is C15H22N2O7. The molecule has 4 atom stereocenters. The number of nitrogens with one attached hydrogen (secondary N) is 1. The maximum Gasteiger partial charge on any atom is 0.244 e. The Balaban J connectivity index is 2.45. The Bertz CT molecular complexity index is 535. The quantitative estimate of drug-likeness (QED) is 0.219. The Labute approximate surface area is 138 Å². The van der Waals surface area contributed by atoms with Gasteiger partial charge in [0, 0.05) is 0 Å². The fraction of sp³-hybridized carbons (Fsp3) is 0.467. The molecule has 0 radical (unpaired) electrons. The van der Waals surface area contributed by atoms with E-state index in [0.717, 1.165) is 11.8 Å². The molecule has 6 N–H and O–H groups in total. The Morgan fingerprint density at radius 3 is 2.38 bits per heavy atom. The Morgan fingerprint density at radius 2 is 1.83 bits per heavy atom. The molecule has 0 aliphatic heterocycles. The first kappa shape index (κ1) is 20.0. The lowest BCUT2D eigenvalue weighted by Crippen LogP contribution is -2.46. The normalized spacial score (nSPS) is 16.4. The highest BCUT2D eigenvalue weighted by atomic mass is 16.5. The molecule has 134 valence electrons. The number of hydrogen-bond donors (Lipinski definition) is 6. The van der Waals surface area contributed by atoms with Crippen molar-refractivity contribution in [3.05, 3.63) is 29.8 Å². The van der Waals surface area contributed by atoms with Gasteiger partial charge in [-0.3, -0.25) is 4.79 Å². The lowest BCUT2D eigenvalue weighted by Gasteiger charge is -2.23. The van der Waals surface area contributed by atoms with Crippen LogP contribution in [-0.4, -0.2) is 75.8 Å². The second-order valence-electron chi connectivity index (χ2n) is 5.06. The van der Waals surface area contributed by atoms with Gasteiger partial charge in [0.1, 0.15) is 30.2 Å². The summed E-state index contributed by atoms with van der Waals surface area (Å²) in [6.07, 6.45) is -5.91. The molecule has 1 aromatic carbocycles. The van der Waals surface area contributed by atoms with E-state index in [9.17, 15) is 20.1 Å². The van der Waals surface area contributed by atoms with Crippen LogP contribution in [0.15, 0.2) is 29.4 Å². The highest BCUT2D eigenvalue weighted by Gasteiger charge is 2.29. The van der Waals surface area contributed by atoms with Crippen molar-refractivity contribution in [3.8, 4) is 5.75 Å². The smallest absolute Gasteiger partial charge is 0.244 e. The molecule has 0 aromatic heterocycles. The molecule has 9 heteroatoms. The first-order valence-corrected chi connectivity index (χ1v) is 7.17. The highest BCUT2D eigenvalue weighted by molar-refractivity contribution is 5.79. The van der Waals surface area contributed by atoms with Crippen LogP contribution >= 0.6 is 0 Å². The third kappa shape index (κ3) is 6.22. The Hall–Kier alpha value is -2.04. The van der Waals surface area contributed by atoms with Crippen molar-refractivity contribution < 1.29 is 35.1 Å². The summed E-state index contributed by atoms with van der Waals surface area (Å²) < 4.78 is 5.00. The van der Waals surface area contributed by atoms with Gasteiger partial charge in [-0.05, 0) is 17.7 Å². The summed E-state index contributed by atoms with van der Waals surface area (Å²) in [7, 11) is 1.53. The van der Waals surface area contributed by atoms with Crippen molar-refractivity contribution in [2.24, 2.45) is 5.10 Å². The molecule has 0 aliphatic rings. The summed E-state index contributed by atoms with van der Waals surface area (Å²) in [5.41, 5.74) is 2.89. The van der Waals surface area contributed by atoms with E-state index in [0.29, 0.717) is 5.75 Å². The number of aliphatic hydroxyl groups excluding tert-OH is 5. The minimum Gasteiger partial charge on any atom is -0.497 e. The van der Waals surface area contributed by atoms with Crippen molar-refractivity contribution in [1.29, 1.82) is 0 Å². The fourth-order valence-electron chi connectivity index (χ4n) is 1.78. The summed E-state index contributed by atoms with van der Waals surface area (Å²) in [5, 5.41) is 49.8. The average molecular weight is 342 g/mol. The van der Waals surface area contributed by atoms with Crippen molar-refractivity contribution in [1.82, 2.24) is 5.43 Å². The van der Waals surface area contributed by atoms with E-state index < -0.39 is 36.9 Å². The largest absolute Gasteiger partial charge is 0.497 e. The number of carbonyl (C=O) groups excluding carboxylic acids is 1. The van der Waals surface area contributed by atoms with Gasteiger partial charge in [-0.25, -0.2) is 5.43 Å². The molecule has 9 nitrogen and oxygen atoms in total. The first-order chi connectivity index (χ1) is 11.4. The van der Waals surface area contributed by atoms with Crippen molar-refractivity contribution in [2.45, 2.75) is 30.8 Å². The zero-order valence-corrected chi connectivity index (χ0v) is 13.1. The van der Waals surface area contributed by atoms with Crippen LogP contribution in [-0.2, 0) is 11.2 Å². The van der Waals surface area contributed by atoms with E-state index in [1.54, 1.807) is 24.3 Å². The second-order valence-corrected chi connectivity index (χ2v) is 5.06. The number of methoxy groups -OCH3 is 1. The molecule has 0 spiro atoms. The number of rotatable bonds is 9. The van der Waals surface area contributed by atoms with Gasteiger partial charge in [-0.1, -0.05) is 12.1 Å². The third-order valence-corrected chi connectivity index (χ3v) is 3.22. The number of aliphatic hydroxyl groups is 5. The lowest BCUT2D eigenvalue weighted by atomic mass is 10.0. The SMILES string of the molecule is COc1ccc(CC(=O)N/N=C/C(O)C(O)C(O)C(O)CO)cc1. The fourth-order valence-corrected chi connectivity index (χ4v) is 1.78. The van der Waals surface area contributed by atoms with Crippen LogP contribution < -0.4 is 10.2 Å². The molecule has 0 aliphatic carbocycles. The zero-order valence-electron chi connectivity index (χ0n) is 13.1. The Morgan fingerprint density at radius 1 is 1.21 bits per heavy atom.